The van der Waals surface area contributed by atoms with Gasteiger partial charge in [-0.15, -0.1) is 5.10 Å². The summed E-state index contributed by atoms with van der Waals surface area (Å²) < 4.78 is 7.76. The normalized spacial score (nSPS) is 15.4. The molecule has 0 bridgehead atoms. The Labute approximate surface area is 196 Å². The van der Waals surface area contributed by atoms with Crippen LogP contribution in [-0.2, 0) is 0 Å². The van der Waals surface area contributed by atoms with Crippen molar-refractivity contribution in [2.75, 3.05) is 29.5 Å². The van der Waals surface area contributed by atoms with Crippen LogP contribution in [0.15, 0.2) is 29.4 Å². The van der Waals surface area contributed by atoms with E-state index in [-0.39, 0.29) is 12.0 Å². The van der Waals surface area contributed by atoms with Gasteiger partial charge in [0, 0.05) is 19.5 Å². The van der Waals surface area contributed by atoms with Crippen LogP contribution in [0.2, 0.25) is 5.15 Å². The van der Waals surface area contributed by atoms with Gasteiger partial charge >= 0.3 is 0 Å². The van der Waals surface area contributed by atoms with Gasteiger partial charge in [-0.25, -0.2) is 15.9 Å². The third-order valence-corrected chi connectivity index (χ3v) is 6.59. The quantitative estimate of drug-likeness (QED) is 0.0773. The summed E-state index contributed by atoms with van der Waals surface area (Å²) in [5.41, 5.74) is 9.09. The number of nitrogens with one attached hydrogen (secondary N) is 2. The minimum atomic E-state index is 0.118. The zero-order valence-electron chi connectivity index (χ0n) is 17.5. The summed E-state index contributed by atoms with van der Waals surface area (Å²) >= 11 is 8.61. The molecule has 6 N–H and O–H groups in total. The van der Waals surface area contributed by atoms with Crippen molar-refractivity contribution in [2.24, 2.45) is 16.7 Å². The molecule has 1 aliphatic heterocycles. The summed E-state index contributed by atoms with van der Waals surface area (Å²) in [4.78, 5) is 4.48. The number of nitrogens with two attached hydrogens (primary N) is 2. The molecule has 0 fully saturated rings. The number of hydrogen-bond donors (Lipinski definition) is 4. The van der Waals surface area contributed by atoms with Crippen LogP contribution < -0.4 is 31.6 Å². The van der Waals surface area contributed by atoms with E-state index in [9.17, 15) is 0 Å². The van der Waals surface area contributed by atoms with Crippen LogP contribution in [0.5, 0.6) is 5.75 Å². The summed E-state index contributed by atoms with van der Waals surface area (Å²) in [6, 6.07) is 7.34. The van der Waals surface area contributed by atoms with E-state index in [1.165, 1.54) is 0 Å². The van der Waals surface area contributed by atoms with Crippen LogP contribution in [0, 0.1) is 0 Å². The minimum absolute atomic E-state index is 0.118. The lowest BCUT2D eigenvalue weighted by molar-refractivity contribution is 0.371. The summed E-state index contributed by atoms with van der Waals surface area (Å²) in [6.45, 7) is 6.08. The second-order valence-electron chi connectivity index (χ2n) is 6.04. The molecule has 3 rings (SSSR count). The number of hydrogen-bond acceptors (Lipinski definition) is 8. The summed E-state index contributed by atoms with van der Waals surface area (Å²) in [5.74, 6) is 7.18. The molecule has 2 atom stereocenters. The fraction of sp³-hybridized carbons (Fsp3) is 0.333. The first kappa shape index (κ1) is 24.5. The van der Waals surface area contributed by atoms with Gasteiger partial charge in [0.05, 0.1) is 24.0 Å². The number of hydrazine groups is 1. The lowest BCUT2D eigenvalue weighted by atomic mass is 10.1. The number of methoxy groups -OCH3 is 1. The zero-order chi connectivity index (χ0) is 22.4. The molecule has 12 heteroatoms. The van der Waals surface area contributed by atoms with E-state index >= 15 is 0 Å². The molecule has 0 spiro atoms. The number of hydrazone groups is 1. The van der Waals surface area contributed by atoms with Crippen molar-refractivity contribution in [3.05, 3.63) is 35.0 Å². The van der Waals surface area contributed by atoms with Gasteiger partial charge in [-0.2, -0.15) is 0 Å². The molecule has 9 nitrogen and oxygen atoms in total. The van der Waals surface area contributed by atoms with Crippen molar-refractivity contribution in [2.45, 2.75) is 26.9 Å². The highest BCUT2D eigenvalue weighted by Gasteiger charge is 2.29. The molecular weight excluding hydrogens is 538 g/mol. The number of aromatic nitrogens is 1. The molecule has 0 saturated heterocycles. The first-order valence-corrected chi connectivity index (χ1v) is 13.7. The summed E-state index contributed by atoms with van der Waals surface area (Å²) in [7, 11) is 3.17. The fourth-order valence-corrected chi connectivity index (χ4v) is 5.49. The Morgan fingerprint density at radius 1 is 1.43 bits per heavy atom. The third kappa shape index (κ3) is 5.29. The Balaban J connectivity index is 0.00000155. The number of pyridine rings is 1. The third-order valence-electron chi connectivity index (χ3n) is 4.06. The fourth-order valence-electron chi connectivity index (χ4n) is 2.91. The molecule has 30 heavy (non-hydrogen) atoms. The predicted molar refractivity (Wildman–Crippen MR) is 137 cm³/mol. The van der Waals surface area contributed by atoms with Gasteiger partial charge in [-0.1, -0.05) is 31.5 Å². The van der Waals surface area contributed by atoms with Crippen LogP contribution in [0.4, 0.5) is 22.9 Å². The average molecular weight is 565 g/mol. The van der Waals surface area contributed by atoms with E-state index in [1.807, 2.05) is 32.0 Å². The number of halogens is 2. The molecule has 1 aromatic carbocycles. The number of anilines is 4. The van der Waals surface area contributed by atoms with Gasteiger partial charge in [-0.05, 0) is 41.1 Å². The second kappa shape index (κ2) is 11.0. The maximum absolute atomic E-state index is 6.28. The van der Waals surface area contributed by atoms with Gasteiger partial charge in [0.2, 0.25) is 0 Å². The first-order valence-electron chi connectivity index (χ1n) is 9.25. The highest BCUT2D eigenvalue weighted by atomic mass is 127. The highest BCUT2D eigenvalue weighted by Crippen LogP contribution is 2.48. The number of para-hydroxylation sites is 1. The Morgan fingerprint density at radius 2 is 2.13 bits per heavy atom. The SMILES string of the molecule is CC.COc1c(Nc2cc(Cl)nc3c2NC(C)N3PI)cccc1/C(N)=N/N(C)N. The van der Waals surface area contributed by atoms with Gasteiger partial charge < -0.3 is 25.8 Å². The number of amidine groups is 1. The molecule has 2 heterocycles. The lowest BCUT2D eigenvalue weighted by Crippen LogP contribution is -2.26. The molecule has 0 radical (unpaired) electrons. The van der Waals surface area contributed by atoms with Crippen LogP contribution >= 0.6 is 40.0 Å². The largest absolute Gasteiger partial charge is 0.494 e. The van der Waals surface area contributed by atoms with Crippen LogP contribution in [0.1, 0.15) is 26.3 Å². The van der Waals surface area contributed by atoms with E-state index in [1.54, 1.807) is 20.2 Å². The molecule has 0 saturated carbocycles. The Hall–Kier alpha value is -1.75. The molecule has 0 amide bonds. The van der Waals surface area contributed by atoms with E-state index in [0.29, 0.717) is 28.5 Å². The number of fused-ring (bicyclic) bond motifs is 1. The summed E-state index contributed by atoms with van der Waals surface area (Å²) in [5, 5.41) is 12.4. The number of benzene rings is 1. The highest BCUT2D eigenvalue weighted by molar-refractivity contribution is 14.2. The summed E-state index contributed by atoms with van der Waals surface area (Å²) in [6.07, 6.45) is 0.646. The molecule has 2 unspecified atom stereocenters. The van der Waals surface area contributed by atoms with Crippen molar-refractivity contribution in [3.63, 3.8) is 0 Å². The second-order valence-corrected chi connectivity index (χ2v) is 8.52. The van der Waals surface area contributed by atoms with Crippen molar-refractivity contribution in [1.82, 2.24) is 10.1 Å². The van der Waals surface area contributed by atoms with E-state index in [4.69, 9.17) is 27.9 Å². The van der Waals surface area contributed by atoms with E-state index in [2.05, 4.69) is 54.4 Å². The first-order chi connectivity index (χ1) is 14.3. The number of rotatable bonds is 6. The van der Waals surface area contributed by atoms with E-state index in [0.717, 1.165) is 22.3 Å². The Bertz CT molecular complexity index is 914. The van der Waals surface area contributed by atoms with Crippen LogP contribution in [0.3, 0.4) is 0 Å². The topological polar surface area (TPSA) is 117 Å². The van der Waals surface area contributed by atoms with Gasteiger partial charge in [-0.3, -0.25) is 0 Å². The predicted octanol–water partition coefficient (Wildman–Crippen LogP) is 4.46. The zero-order valence-corrected chi connectivity index (χ0v) is 21.4. The molecule has 1 aliphatic rings. The molecule has 164 valence electrons. The van der Waals surface area contributed by atoms with Gasteiger partial charge in [0.25, 0.3) is 0 Å². The minimum Gasteiger partial charge on any atom is -0.494 e. The smallest absolute Gasteiger partial charge is 0.161 e. The van der Waals surface area contributed by atoms with Crippen LogP contribution in [0.25, 0.3) is 0 Å². The molecule has 0 aliphatic carbocycles. The molecular formula is C18H27ClIN8OP. The van der Waals surface area contributed by atoms with E-state index < -0.39 is 0 Å². The maximum atomic E-state index is 6.28. The molecule has 1 aromatic heterocycles. The monoisotopic (exact) mass is 564 g/mol. The van der Waals surface area contributed by atoms with Crippen molar-refractivity contribution in [3.8, 4) is 5.75 Å². The standard InChI is InChI=1S/C16H21ClIN8OP.C2H6/c1-8-21-13-11(7-12(17)23-16(13)26(8)28-18)22-10-6-4-5-9(14(10)27-3)15(19)24-25(2)20;1-2/h4-8,21,28H,20H2,1-3H3,(H2,19,24)(H,22,23);1-2H3. The Kier molecular flexibility index (Phi) is 9.02. The van der Waals surface area contributed by atoms with Crippen molar-refractivity contribution >= 4 is 68.7 Å². The lowest BCUT2D eigenvalue weighted by Gasteiger charge is -2.19. The average Bonchev–Trinajstić information content (AvgIpc) is 3.03. The number of nitrogens with zero attached hydrogens (tertiary/aromatic N) is 4. The van der Waals surface area contributed by atoms with Gasteiger partial charge in [0.15, 0.2) is 17.4 Å². The van der Waals surface area contributed by atoms with Crippen LogP contribution in [-0.4, -0.2) is 36.3 Å². The molecule has 2 aromatic rings. The van der Waals surface area contributed by atoms with Crippen molar-refractivity contribution in [1.29, 1.82) is 0 Å². The maximum Gasteiger partial charge on any atom is 0.161 e. The number of ether oxygens (including phenoxy) is 1. The van der Waals surface area contributed by atoms with Crippen molar-refractivity contribution < 1.29 is 4.74 Å². The Morgan fingerprint density at radius 3 is 2.73 bits per heavy atom. The van der Waals surface area contributed by atoms with Gasteiger partial charge in [0.1, 0.15) is 17.0 Å².